The van der Waals surface area contributed by atoms with Crippen LogP contribution in [-0.4, -0.2) is 33.6 Å². The first-order valence-corrected chi connectivity index (χ1v) is 7.06. The maximum Gasteiger partial charge on any atom is 0.243 e. The van der Waals surface area contributed by atoms with Gasteiger partial charge in [0.1, 0.15) is 0 Å². The molecule has 0 bridgehead atoms. The minimum Gasteiger partial charge on any atom is -0.354 e. The first-order valence-electron chi connectivity index (χ1n) is 6.26. The van der Waals surface area contributed by atoms with Crippen LogP contribution in [0.4, 0.5) is 5.95 Å². The largest absolute Gasteiger partial charge is 0.354 e. The smallest absolute Gasteiger partial charge is 0.243 e. The van der Waals surface area contributed by atoms with Gasteiger partial charge in [-0.25, -0.2) is 4.52 Å². The minimum absolute atomic E-state index is 0.160. The summed E-state index contributed by atoms with van der Waals surface area (Å²) in [6, 6.07) is 3.81. The number of fused-ring (bicyclic) bond motifs is 1. The SMILES string of the molecule is O=C(NCCNc1nc2c(Br)cccn2n1)C1CC1. The highest BCUT2D eigenvalue weighted by Crippen LogP contribution is 2.28. The Labute approximate surface area is 118 Å². The normalized spacial score (nSPS) is 14.6. The molecule has 1 saturated carbocycles. The zero-order chi connectivity index (χ0) is 13.2. The molecule has 0 spiro atoms. The van der Waals surface area contributed by atoms with Crippen LogP contribution in [0.2, 0.25) is 0 Å². The Morgan fingerprint density at radius 2 is 2.32 bits per heavy atom. The first kappa shape index (κ1) is 12.4. The van der Waals surface area contributed by atoms with E-state index in [4.69, 9.17) is 0 Å². The van der Waals surface area contributed by atoms with E-state index in [2.05, 4.69) is 36.6 Å². The maximum atomic E-state index is 11.4. The number of amides is 1. The Kier molecular flexibility index (Phi) is 3.37. The highest BCUT2D eigenvalue weighted by molar-refractivity contribution is 9.10. The molecule has 3 rings (SSSR count). The van der Waals surface area contributed by atoms with Gasteiger partial charge in [0.25, 0.3) is 0 Å². The van der Waals surface area contributed by atoms with Crippen molar-refractivity contribution in [3.8, 4) is 0 Å². The molecule has 19 heavy (non-hydrogen) atoms. The van der Waals surface area contributed by atoms with Crippen LogP contribution in [0, 0.1) is 5.92 Å². The van der Waals surface area contributed by atoms with Gasteiger partial charge in [0, 0.05) is 25.2 Å². The summed E-state index contributed by atoms with van der Waals surface area (Å²) >= 11 is 3.43. The molecule has 2 aromatic heterocycles. The molecular formula is C12H14BrN5O. The summed E-state index contributed by atoms with van der Waals surface area (Å²) in [6.07, 6.45) is 3.90. The third kappa shape index (κ3) is 2.86. The van der Waals surface area contributed by atoms with E-state index in [1.54, 1.807) is 4.52 Å². The predicted molar refractivity (Wildman–Crippen MR) is 74.9 cm³/mol. The van der Waals surface area contributed by atoms with Crippen molar-refractivity contribution >= 4 is 33.4 Å². The second-order valence-corrected chi connectivity index (χ2v) is 5.41. The summed E-state index contributed by atoms with van der Waals surface area (Å²) in [4.78, 5) is 15.8. The van der Waals surface area contributed by atoms with Crippen molar-refractivity contribution in [1.29, 1.82) is 0 Å². The van der Waals surface area contributed by atoms with Gasteiger partial charge in [0.15, 0.2) is 5.65 Å². The molecule has 2 N–H and O–H groups in total. The van der Waals surface area contributed by atoms with Crippen LogP contribution < -0.4 is 10.6 Å². The van der Waals surface area contributed by atoms with Gasteiger partial charge in [-0.3, -0.25) is 4.79 Å². The fraction of sp³-hybridized carbons (Fsp3) is 0.417. The third-order valence-corrected chi connectivity index (χ3v) is 3.59. The third-order valence-electron chi connectivity index (χ3n) is 2.97. The molecule has 100 valence electrons. The van der Waals surface area contributed by atoms with Gasteiger partial charge in [-0.2, -0.15) is 4.98 Å². The van der Waals surface area contributed by atoms with Gasteiger partial charge in [0.2, 0.25) is 11.9 Å². The molecule has 7 heteroatoms. The lowest BCUT2D eigenvalue weighted by Crippen LogP contribution is -2.29. The zero-order valence-electron chi connectivity index (χ0n) is 10.3. The monoisotopic (exact) mass is 323 g/mol. The summed E-state index contributed by atoms with van der Waals surface area (Å²) in [5, 5.41) is 10.3. The van der Waals surface area contributed by atoms with E-state index in [1.807, 2.05) is 18.3 Å². The van der Waals surface area contributed by atoms with Gasteiger partial charge in [-0.15, -0.1) is 5.10 Å². The highest BCUT2D eigenvalue weighted by Gasteiger charge is 2.28. The van der Waals surface area contributed by atoms with Gasteiger partial charge in [-0.1, -0.05) is 0 Å². The van der Waals surface area contributed by atoms with Crippen LogP contribution in [0.15, 0.2) is 22.8 Å². The molecule has 1 aliphatic rings. The molecule has 0 saturated heterocycles. The summed E-state index contributed by atoms with van der Waals surface area (Å²) < 4.78 is 2.60. The molecule has 6 nitrogen and oxygen atoms in total. The second-order valence-electron chi connectivity index (χ2n) is 4.55. The number of rotatable bonds is 5. The number of carbonyl (C=O) groups is 1. The number of hydrogen-bond donors (Lipinski definition) is 2. The van der Waals surface area contributed by atoms with E-state index >= 15 is 0 Å². The van der Waals surface area contributed by atoms with Crippen LogP contribution in [-0.2, 0) is 4.79 Å². The molecule has 1 fully saturated rings. The molecule has 1 aliphatic carbocycles. The lowest BCUT2D eigenvalue weighted by atomic mass is 10.4. The lowest BCUT2D eigenvalue weighted by molar-refractivity contribution is -0.122. The van der Waals surface area contributed by atoms with E-state index in [-0.39, 0.29) is 11.8 Å². The number of halogens is 1. The number of carbonyl (C=O) groups excluding carboxylic acids is 1. The summed E-state index contributed by atoms with van der Waals surface area (Å²) in [6.45, 7) is 1.21. The van der Waals surface area contributed by atoms with Crippen LogP contribution in [0.5, 0.6) is 0 Å². The first-order chi connectivity index (χ1) is 9.24. The Balaban J connectivity index is 1.53. The molecule has 2 aromatic rings. The number of nitrogens with zero attached hydrogens (tertiary/aromatic N) is 3. The summed E-state index contributed by atoms with van der Waals surface area (Å²) in [7, 11) is 0. The number of hydrogen-bond acceptors (Lipinski definition) is 4. The van der Waals surface area contributed by atoms with Crippen molar-refractivity contribution < 1.29 is 4.79 Å². The van der Waals surface area contributed by atoms with E-state index < -0.39 is 0 Å². The fourth-order valence-corrected chi connectivity index (χ4v) is 2.22. The molecular weight excluding hydrogens is 310 g/mol. The molecule has 0 unspecified atom stereocenters. The average molecular weight is 324 g/mol. The maximum absolute atomic E-state index is 11.4. The quantitative estimate of drug-likeness (QED) is 0.816. The summed E-state index contributed by atoms with van der Waals surface area (Å²) in [5.41, 5.74) is 0.770. The van der Waals surface area contributed by atoms with Crippen molar-refractivity contribution in [1.82, 2.24) is 19.9 Å². The summed E-state index contributed by atoms with van der Waals surface area (Å²) in [5.74, 6) is 0.976. The van der Waals surface area contributed by atoms with E-state index in [0.29, 0.717) is 19.0 Å². The standard InChI is InChI=1S/C12H14BrN5O/c13-9-2-1-7-18-10(9)16-12(17-18)15-6-5-14-11(19)8-3-4-8/h1-2,7-8H,3-6H2,(H,14,19)(H,15,17). The number of anilines is 1. The molecule has 2 heterocycles. The van der Waals surface area contributed by atoms with Crippen molar-refractivity contribution in [3.05, 3.63) is 22.8 Å². The van der Waals surface area contributed by atoms with Gasteiger partial charge >= 0.3 is 0 Å². The molecule has 1 amide bonds. The number of pyridine rings is 1. The van der Waals surface area contributed by atoms with Crippen molar-refractivity contribution in [2.45, 2.75) is 12.8 Å². The topological polar surface area (TPSA) is 71.3 Å². The fourth-order valence-electron chi connectivity index (χ4n) is 1.80. The molecule has 0 aliphatic heterocycles. The van der Waals surface area contributed by atoms with Gasteiger partial charge in [0.05, 0.1) is 4.47 Å². The predicted octanol–water partition coefficient (Wildman–Crippen LogP) is 1.43. The van der Waals surface area contributed by atoms with E-state index in [0.717, 1.165) is 23.0 Å². The van der Waals surface area contributed by atoms with Crippen LogP contribution in [0.1, 0.15) is 12.8 Å². The van der Waals surface area contributed by atoms with Crippen LogP contribution >= 0.6 is 15.9 Å². The van der Waals surface area contributed by atoms with Crippen molar-refractivity contribution in [2.24, 2.45) is 5.92 Å². The minimum atomic E-state index is 0.160. The van der Waals surface area contributed by atoms with Gasteiger partial charge in [-0.05, 0) is 40.9 Å². The van der Waals surface area contributed by atoms with Crippen molar-refractivity contribution in [3.63, 3.8) is 0 Å². The van der Waals surface area contributed by atoms with Crippen molar-refractivity contribution in [2.75, 3.05) is 18.4 Å². The zero-order valence-corrected chi connectivity index (χ0v) is 11.9. The Morgan fingerprint density at radius 3 is 3.05 bits per heavy atom. The molecule has 0 atom stereocenters. The van der Waals surface area contributed by atoms with E-state index in [9.17, 15) is 4.79 Å². The highest BCUT2D eigenvalue weighted by atomic mass is 79.9. The van der Waals surface area contributed by atoms with Gasteiger partial charge < -0.3 is 10.6 Å². The second kappa shape index (κ2) is 5.16. The van der Waals surface area contributed by atoms with Crippen LogP contribution in [0.3, 0.4) is 0 Å². The lowest BCUT2D eigenvalue weighted by Gasteiger charge is -2.03. The molecule has 0 aromatic carbocycles. The van der Waals surface area contributed by atoms with E-state index in [1.165, 1.54) is 0 Å². The van der Waals surface area contributed by atoms with Crippen LogP contribution in [0.25, 0.3) is 5.65 Å². The Morgan fingerprint density at radius 1 is 1.47 bits per heavy atom. The Bertz CT molecular complexity index is 607. The average Bonchev–Trinajstić information content (AvgIpc) is 3.16. The number of nitrogens with one attached hydrogen (secondary N) is 2. The molecule has 0 radical (unpaired) electrons. The number of aromatic nitrogens is 3. The Hall–Kier alpha value is -1.63.